The molecule has 0 saturated heterocycles. The maximum absolute atomic E-state index is 12.9. The lowest BCUT2D eigenvalue weighted by Crippen LogP contribution is -2.42. The lowest BCUT2D eigenvalue weighted by atomic mass is 9.98. The summed E-state index contributed by atoms with van der Waals surface area (Å²) in [6, 6.07) is 16.6. The van der Waals surface area contributed by atoms with Crippen LogP contribution in [0.1, 0.15) is 35.7 Å². The zero-order valence-electron chi connectivity index (χ0n) is 19.4. The van der Waals surface area contributed by atoms with Gasteiger partial charge in [0.2, 0.25) is 5.91 Å². The Morgan fingerprint density at radius 3 is 2.29 bits per heavy atom. The van der Waals surface area contributed by atoms with Crippen molar-refractivity contribution in [2.45, 2.75) is 18.9 Å². The molecule has 2 aromatic carbocycles. The molecule has 35 heavy (non-hydrogen) atoms. The van der Waals surface area contributed by atoms with Gasteiger partial charge in [0.15, 0.2) is 6.04 Å². The van der Waals surface area contributed by atoms with E-state index in [9.17, 15) is 14.4 Å². The molecule has 0 radical (unpaired) electrons. The standard InChI is InChI=1S/C26H26N4O5/c1-16(25(32)33)11-13-27-24(31)23(22-12-14-28-30(22)2)29-26(34)35-15-21-19-9-5-3-7-17(19)18-8-4-6-10-20(18)21/h3-12,14,21,23H,13,15H2,1-2H3,(H,27,31)(H,29,34)(H,32,33)/b16-11+. The predicted molar refractivity (Wildman–Crippen MR) is 129 cm³/mol. The van der Waals surface area contributed by atoms with E-state index in [1.165, 1.54) is 23.9 Å². The number of carboxylic acids is 1. The molecule has 4 rings (SSSR count). The molecule has 1 heterocycles. The van der Waals surface area contributed by atoms with Gasteiger partial charge in [-0.3, -0.25) is 9.48 Å². The molecule has 1 aliphatic carbocycles. The second-order valence-corrected chi connectivity index (χ2v) is 8.22. The third-order valence-electron chi connectivity index (χ3n) is 6.04. The van der Waals surface area contributed by atoms with E-state index in [1.807, 2.05) is 36.4 Å². The molecule has 0 saturated carbocycles. The van der Waals surface area contributed by atoms with Gasteiger partial charge in [0.05, 0.1) is 5.69 Å². The molecule has 0 fully saturated rings. The Bertz CT molecular complexity index is 1250. The highest BCUT2D eigenvalue weighted by Crippen LogP contribution is 2.44. The number of rotatable bonds is 8. The number of hydrogen-bond donors (Lipinski definition) is 3. The quantitative estimate of drug-likeness (QED) is 0.431. The first-order valence-corrected chi connectivity index (χ1v) is 11.1. The first-order valence-electron chi connectivity index (χ1n) is 11.1. The fraction of sp³-hybridized carbons (Fsp3) is 0.231. The lowest BCUT2D eigenvalue weighted by Gasteiger charge is -2.20. The van der Waals surface area contributed by atoms with E-state index in [0.717, 1.165) is 22.3 Å². The maximum Gasteiger partial charge on any atom is 0.408 e. The summed E-state index contributed by atoms with van der Waals surface area (Å²) in [5.74, 6) is -1.70. The summed E-state index contributed by atoms with van der Waals surface area (Å²) in [7, 11) is 1.66. The fourth-order valence-electron chi connectivity index (χ4n) is 4.19. The molecule has 180 valence electrons. The van der Waals surface area contributed by atoms with Crippen LogP contribution >= 0.6 is 0 Å². The van der Waals surface area contributed by atoms with E-state index in [1.54, 1.807) is 13.1 Å². The average molecular weight is 475 g/mol. The van der Waals surface area contributed by atoms with Gasteiger partial charge in [0, 0.05) is 31.3 Å². The monoisotopic (exact) mass is 474 g/mol. The van der Waals surface area contributed by atoms with E-state index in [2.05, 4.69) is 27.9 Å². The molecule has 0 aliphatic heterocycles. The van der Waals surface area contributed by atoms with Crippen molar-refractivity contribution in [1.82, 2.24) is 20.4 Å². The number of aromatic nitrogens is 2. The van der Waals surface area contributed by atoms with Crippen molar-refractivity contribution in [2.75, 3.05) is 13.2 Å². The fourth-order valence-corrected chi connectivity index (χ4v) is 4.19. The molecular weight excluding hydrogens is 448 g/mol. The van der Waals surface area contributed by atoms with Crippen molar-refractivity contribution in [3.05, 3.63) is 89.3 Å². The Morgan fingerprint density at radius 2 is 1.71 bits per heavy atom. The molecule has 2 amide bonds. The largest absolute Gasteiger partial charge is 0.478 e. The van der Waals surface area contributed by atoms with Crippen molar-refractivity contribution in [3.8, 4) is 11.1 Å². The lowest BCUT2D eigenvalue weighted by molar-refractivity contribution is -0.132. The maximum atomic E-state index is 12.9. The average Bonchev–Trinajstić information content (AvgIpc) is 3.42. The summed E-state index contributed by atoms with van der Waals surface area (Å²) in [5, 5.41) is 18.3. The van der Waals surface area contributed by atoms with Gasteiger partial charge in [-0.1, -0.05) is 54.6 Å². The number of hydrogen-bond acceptors (Lipinski definition) is 5. The molecule has 9 nitrogen and oxygen atoms in total. The summed E-state index contributed by atoms with van der Waals surface area (Å²) in [5.41, 5.74) is 4.97. The molecule has 0 spiro atoms. The molecule has 1 atom stereocenters. The molecule has 1 aromatic heterocycles. The van der Waals surface area contributed by atoms with Gasteiger partial charge >= 0.3 is 12.1 Å². The number of carbonyl (C=O) groups excluding carboxylic acids is 2. The van der Waals surface area contributed by atoms with Crippen LogP contribution < -0.4 is 10.6 Å². The summed E-state index contributed by atoms with van der Waals surface area (Å²) >= 11 is 0. The van der Waals surface area contributed by atoms with Gasteiger partial charge in [0.1, 0.15) is 6.61 Å². The third kappa shape index (κ3) is 5.08. The van der Waals surface area contributed by atoms with Gasteiger partial charge in [-0.25, -0.2) is 9.59 Å². The van der Waals surface area contributed by atoms with Crippen molar-refractivity contribution in [1.29, 1.82) is 0 Å². The number of fused-ring (bicyclic) bond motifs is 3. The van der Waals surface area contributed by atoms with Gasteiger partial charge < -0.3 is 20.5 Å². The van der Waals surface area contributed by atoms with Gasteiger partial charge in [0.25, 0.3) is 0 Å². The highest BCUT2D eigenvalue weighted by Gasteiger charge is 2.30. The number of nitrogens with one attached hydrogen (secondary N) is 2. The van der Waals surface area contributed by atoms with Crippen LogP contribution in [0.15, 0.2) is 72.4 Å². The minimum Gasteiger partial charge on any atom is -0.478 e. The Hall–Kier alpha value is -4.40. The van der Waals surface area contributed by atoms with Crippen LogP contribution in [0.3, 0.4) is 0 Å². The van der Waals surface area contributed by atoms with Gasteiger partial charge in [-0.2, -0.15) is 5.10 Å². The second-order valence-electron chi connectivity index (χ2n) is 8.22. The van der Waals surface area contributed by atoms with E-state index >= 15 is 0 Å². The SMILES string of the molecule is C/C(=C\CNC(=O)C(NC(=O)OCC1c2ccccc2-c2ccccc21)c1ccnn1C)C(=O)O. The minimum atomic E-state index is -1.07. The predicted octanol–water partition coefficient (Wildman–Crippen LogP) is 3.15. The summed E-state index contributed by atoms with van der Waals surface area (Å²) in [4.78, 5) is 36.6. The smallest absolute Gasteiger partial charge is 0.408 e. The molecule has 3 aromatic rings. The Morgan fingerprint density at radius 1 is 1.09 bits per heavy atom. The van der Waals surface area contributed by atoms with Crippen LogP contribution in [0.4, 0.5) is 4.79 Å². The number of alkyl carbamates (subject to hydrolysis) is 1. The van der Waals surface area contributed by atoms with Crippen molar-refractivity contribution in [3.63, 3.8) is 0 Å². The zero-order chi connectivity index (χ0) is 24.9. The summed E-state index contributed by atoms with van der Waals surface area (Å²) in [6.07, 6.45) is 2.16. The molecule has 9 heteroatoms. The Balaban J connectivity index is 1.45. The molecule has 1 unspecified atom stereocenters. The van der Waals surface area contributed by atoms with Crippen LogP contribution in [-0.4, -0.2) is 46.0 Å². The van der Waals surface area contributed by atoms with E-state index < -0.39 is 24.0 Å². The van der Waals surface area contributed by atoms with Crippen LogP contribution in [0.2, 0.25) is 0 Å². The molecular formula is C26H26N4O5. The number of carboxylic acid groups (broad SMARTS) is 1. The topological polar surface area (TPSA) is 123 Å². The van der Waals surface area contributed by atoms with Gasteiger partial charge in [-0.15, -0.1) is 0 Å². The van der Waals surface area contributed by atoms with Crippen LogP contribution in [0.25, 0.3) is 11.1 Å². The number of aryl methyl sites for hydroxylation is 1. The van der Waals surface area contributed by atoms with Crippen LogP contribution in [-0.2, 0) is 21.4 Å². The molecule has 3 N–H and O–H groups in total. The van der Waals surface area contributed by atoms with Crippen molar-refractivity contribution in [2.24, 2.45) is 7.05 Å². The van der Waals surface area contributed by atoms with E-state index in [0.29, 0.717) is 5.69 Å². The van der Waals surface area contributed by atoms with Crippen molar-refractivity contribution < 1.29 is 24.2 Å². The third-order valence-corrected chi connectivity index (χ3v) is 6.04. The number of ether oxygens (including phenoxy) is 1. The summed E-state index contributed by atoms with van der Waals surface area (Å²) in [6.45, 7) is 1.54. The molecule has 1 aliphatic rings. The van der Waals surface area contributed by atoms with Crippen molar-refractivity contribution >= 4 is 18.0 Å². The van der Waals surface area contributed by atoms with E-state index in [4.69, 9.17) is 9.84 Å². The number of nitrogens with zero attached hydrogens (tertiary/aromatic N) is 2. The number of carbonyl (C=O) groups is 3. The zero-order valence-corrected chi connectivity index (χ0v) is 19.4. The highest BCUT2D eigenvalue weighted by molar-refractivity contribution is 5.88. The second kappa shape index (κ2) is 10.3. The van der Waals surface area contributed by atoms with Gasteiger partial charge in [-0.05, 0) is 35.2 Å². The van der Waals surface area contributed by atoms with Crippen LogP contribution in [0, 0.1) is 0 Å². The number of amides is 2. The Kier molecular flexibility index (Phi) is 6.96. The minimum absolute atomic E-state index is 0.00229. The molecule has 0 bridgehead atoms. The van der Waals surface area contributed by atoms with Crippen LogP contribution in [0.5, 0.6) is 0 Å². The first-order chi connectivity index (χ1) is 16.9. The van der Waals surface area contributed by atoms with E-state index in [-0.39, 0.29) is 24.6 Å². The summed E-state index contributed by atoms with van der Waals surface area (Å²) < 4.78 is 7.06. The highest BCUT2D eigenvalue weighted by atomic mass is 16.5. The number of benzene rings is 2. The first kappa shape index (κ1) is 23.7. The Labute approximate surface area is 202 Å². The normalized spacial score (nSPS) is 13.5. The number of aliphatic carboxylic acids is 1.